The van der Waals surface area contributed by atoms with Crippen LogP contribution in [0.4, 0.5) is 5.82 Å². The minimum atomic E-state index is -0.0730. The van der Waals surface area contributed by atoms with Gasteiger partial charge in [-0.25, -0.2) is 0 Å². The van der Waals surface area contributed by atoms with Gasteiger partial charge in [-0.3, -0.25) is 14.4 Å². The molecule has 2 aromatic rings. The van der Waals surface area contributed by atoms with Crippen molar-refractivity contribution in [3.63, 3.8) is 0 Å². The van der Waals surface area contributed by atoms with Gasteiger partial charge in [0.2, 0.25) is 0 Å². The summed E-state index contributed by atoms with van der Waals surface area (Å²) in [5.74, 6) is 0.566. The highest BCUT2D eigenvalue weighted by Crippen LogP contribution is 2.15. The fourth-order valence-electron chi connectivity index (χ4n) is 1.47. The Labute approximate surface area is 108 Å². The van der Waals surface area contributed by atoms with Gasteiger partial charge in [-0.2, -0.15) is 5.10 Å². The molecule has 1 heterocycles. The molecule has 0 unspecified atom stereocenters. The standard InChI is InChI=1S/C12H12BrN3O/c1-15-8-7-11(14-15)16(2)12(17)9-3-5-10(13)6-4-9/h3-8H,1-2H3. The summed E-state index contributed by atoms with van der Waals surface area (Å²) in [5.41, 5.74) is 0.640. The Balaban J connectivity index is 2.23. The molecule has 88 valence electrons. The van der Waals surface area contributed by atoms with Crippen LogP contribution in [0, 0.1) is 0 Å². The Bertz CT molecular complexity index is 533. The van der Waals surface area contributed by atoms with E-state index >= 15 is 0 Å². The Morgan fingerprint density at radius 3 is 2.47 bits per heavy atom. The number of nitrogens with zero attached hydrogens (tertiary/aromatic N) is 3. The Morgan fingerprint density at radius 2 is 1.94 bits per heavy atom. The maximum atomic E-state index is 12.1. The average molecular weight is 294 g/mol. The molecule has 5 heteroatoms. The molecule has 4 nitrogen and oxygen atoms in total. The van der Waals surface area contributed by atoms with Gasteiger partial charge in [-0.1, -0.05) is 15.9 Å². The molecule has 17 heavy (non-hydrogen) atoms. The van der Waals surface area contributed by atoms with E-state index in [1.165, 1.54) is 4.90 Å². The first-order valence-electron chi connectivity index (χ1n) is 5.11. The smallest absolute Gasteiger partial charge is 0.259 e. The molecule has 0 spiro atoms. The van der Waals surface area contributed by atoms with E-state index in [1.54, 1.807) is 36.1 Å². The van der Waals surface area contributed by atoms with Crippen molar-refractivity contribution in [1.82, 2.24) is 9.78 Å². The third kappa shape index (κ3) is 2.55. The Kier molecular flexibility index (Phi) is 3.28. The third-order valence-corrected chi connectivity index (χ3v) is 2.97. The van der Waals surface area contributed by atoms with Gasteiger partial charge in [0.1, 0.15) is 0 Å². The maximum Gasteiger partial charge on any atom is 0.259 e. The van der Waals surface area contributed by atoms with Gasteiger partial charge in [0.25, 0.3) is 5.91 Å². The van der Waals surface area contributed by atoms with Crippen LogP contribution in [-0.4, -0.2) is 22.7 Å². The molecular formula is C12H12BrN3O. The lowest BCUT2D eigenvalue weighted by Gasteiger charge is -2.14. The zero-order valence-electron chi connectivity index (χ0n) is 9.59. The van der Waals surface area contributed by atoms with E-state index in [1.807, 2.05) is 19.2 Å². The summed E-state index contributed by atoms with van der Waals surface area (Å²) in [6.45, 7) is 0. The zero-order valence-corrected chi connectivity index (χ0v) is 11.2. The number of rotatable bonds is 2. The van der Waals surface area contributed by atoms with Crippen LogP contribution < -0.4 is 4.90 Å². The quantitative estimate of drug-likeness (QED) is 0.853. The second-order valence-corrected chi connectivity index (χ2v) is 4.63. The summed E-state index contributed by atoms with van der Waals surface area (Å²) in [4.78, 5) is 13.7. The van der Waals surface area contributed by atoms with E-state index in [4.69, 9.17) is 0 Å². The molecule has 0 saturated heterocycles. The summed E-state index contributed by atoms with van der Waals surface area (Å²) in [6.07, 6.45) is 1.81. The van der Waals surface area contributed by atoms with Crippen LogP contribution >= 0.6 is 15.9 Å². The molecule has 0 atom stereocenters. The molecule has 0 saturated carbocycles. The Morgan fingerprint density at radius 1 is 1.29 bits per heavy atom. The largest absolute Gasteiger partial charge is 0.294 e. The molecule has 0 N–H and O–H groups in total. The fourth-order valence-corrected chi connectivity index (χ4v) is 1.74. The number of hydrogen-bond donors (Lipinski definition) is 0. The van der Waals surface area contributed by atoms with E-state index < -0.39 is 0 Å². The number of aromatic nitrogens is 2. The normalized spacial score (nSPS) is 10.3. The van der Waals surface area contributed by atoms with Gasteiger partial charge in [-0.15, -0.1) is 0 Å². The number of anilines is 1. The van der Waals surface area contributed by atoms with Crippen molar-refractivity contribution in [3.05, 3.63) is 46.6 Å². The van der Waals surface area contributed by atoms with Crippen molar-refractivity contribution >= 4 is 27.7 Å². The van der Waals surface area contributed by atoms with Crippen LogP contribution in [0.15, 0.2) is 41.0 Å². The summed E-state index contributed by atoms with van der Waals surface area (Å²) in [5, 5.41) is 4.19. The average Bonchev–Trinajstić information content (AvgIpc) is 2.75. The summed E-state index contributed by atoms with van der Waals surface area (Å²) in [7, 11) is 3.54. The third-order valence-electron chi connectivity index (χ3n) is 2.44. The first-order valence-corrected chi connectivity index (χ1v) is 5.90. The van der Waals surface area contributed by atoms with Crippen molar-refractivity contribution < 1.29 is 4.79 Å². The monoisotopic (exact) mass is 293 g/mol. The van der Waals surface area contributed by atoms with Crippen LogP contribution in [0.1, 0.15) is 10.4 Å². The summed E-state index contributed by atoms with van der Waals surface area (Å²) < 4.78 is 2.62. The molecule has 0 aliphatic carbocycles. The minimum absolute atomic E-state index is 0.0730. The number of halogens is 1. The highest BCUT2D eigenvalue weighted by molar-refractivity contribution is 9.10. The van der Waals surface area contributed by atoms with Gasteiger partial charge in [0.15, 0.2) is 5.82 Å². The van der Waals surface area contributed by atoms with E-state index in [9.17, 15) is 4.79 Å². The number of aryl methyl sites for hydroxylation is 1. The molecule has 0 fully saturated rings. The van der Waals surface area contributed by atoms with E-state index in [0.717, 1.165) is 4.47 Å². The second kappa shape index (κ2) is 4.71. The van der Waals surface area contributed by atoms with Crippen molar-refractivity contribution in [1.29, 1.82) is 0 Å². The summed E-state index contributed by atoms with van der Waals surface area (Å²) in [6, 6.07) is 9.06. The van der Waals surface area contributed by atoms with Gasteiger partial charge >= 0.3 is 0 Å². The van der Waals surface area contributed by atoms with Crippen molar-refractivity contribution in [3.8, 4) is 0 Å². The van der Waals surface area contributed by atoms with Gasteiger partial charge < -0.3 is 0 Å². The minimum Gasteiger partial charge on any atom is -0.294 e. The second-order valence-electron chi connectivity index (χ2n) is 3.72. The number of carbonyl (C=O) groups is 1. The number of carbonyl (C=O) groups excluding carboxylic acids is 1. The van der Waals surface area contributed by atoms with Crippen LogP contribution in [0.25, 0.3) is 0 Å². The maximum absolute atomic E-state index is 12.1. The zero-order chi connectivity index (χ0) is 12.4. The fraction of sp³-hybridized carbons (Fsp3) is 0.167. The lowest BCUT2D eigenvalue weighted by molar-refractivity contribution is 0.0992. The molecular weight excluding hydrogens is 282 g/mol. The van der Waals surface area contributed by atoms with Gasteiger partial charge in [0, 0.05) is 36.4 Å². The molecule has 2 rings (SSSR count). The van der Waals surface area contributed by atoms with Gasteiger partial charge in [-0.05, 0) is 24.3 Å². The molecule has 1 aromatic carbocycles. The van der Waals surface area contributed by atoms with E-state index in [-0.39, 0.29) is 5.91 Å². The molecule has 0 radical (unpaired) electrons. The van der Waals surface area contributed by atoms with E-state index in [2.05, 4.69) is 21.0 Å². The van der Waals surface area contributed by atoms with Gasteiger partial charge in [0.05, 0.1) is 0 Å². The topological polar surface area (TPSA) is 38.1 Å². The molecule has 0 bridgehead atoms. The number of hydrogen-bond acceptors (Lipinski definition) is 2. The molecule has 0 aliphatic heterocycles. The predicted molar refractivity (Wildman–Crippen MR) is 70.1 cm³/mol. The molecule has 1 aromatic heterocycles. The highest BCUT2D eigenvalue weighted by atomic mass is 79.9. The van der Waals surface area contributed by atoms with Crippen LogP contribution in [0.3, 0.4) is 0 Å². The number of benzene rings is 1. The molecule has 0 aliphatic rings. The van der Waals surface area contributed by atoms with E-state index in [0.29, 0.717) is 11.4 Å². The predicted octanol–water partition coefficient (Wildman–Crippen LogP) is 2.46. The molecule has 1 amide bonds. The lowest BCUT2D eigenvalue weighted by atomic mass is 10.2. The van der Waals surface area contributed by atoms with Crippen molar-refractivity contribution in [2.24, 2.45) is 7.05 Å². The SMILES string of the molecule is CN(C(=O)c1ccc(Br)cc1)c1ccn(C)n1. The Hall–Kier alpha value is -1.62. The first-order chi connectivity index (χ1) is 8.08. The van der Waals surface area contributed by atoms with Crippen molar-refractivity contribution in [2.75, 3.05) is 11.9 Å². The number of amides is 1. The lowest BCUT2D eigenvalue weighted by Crippen LogP contribution is -2.26. The van der Waals surface area contributed by atoms with Crippen LogP contribution in [-0.2, 0) is 7.05 Å². The van der Waals surface area contributed by atoms with Crippen molar-refractivity contribution in [2.45, 2.75) is 0 Å². The summed E-state index contributed by atoms with van der Waals surface area (Å²) >= 11 is 3.34. The first kappa shape index (κ1) is 11.9. The van der Waals surface area contributed by atoms with Crippen LogP contribution in [0.5, 0.6) is 0 Å². The van der Waals surface area contributed by atoms with Crippen LogP contribution in [0.2, 0.25) is 0 Å². The highest BCUT2D eigenvalue weighted by Gasteiger charge is 2.14.